The van der Waals surface area contributed by atoms with Gasteiger partial charge in [0, 0.05) is 6.42 Å². The fraction of sp³-hybridized carbons (Fsp3) is 0.800. The summed E-state index contributed by atoms with van der Waals surface area (Å²) in [5.41, 5.74) is 0. The van der Waals surface area contributed by atoms with Crippen molar-refractivity contribution in [3.8, 4) is 0 Å². The Morgan fingerprint density at radius 2 is 2.06 bits per heavy atom. The quantitative estimate of drug-likeness (QED) is 0.815. The molecule has 0 aromatic carbocycles. The van der Waals surface area contributed by atoms with Crippen LogP contribution < -0.4 is 0 Å². The first-order valence-corrected chi connectivity index (χ1v) is 5.26. The van der Waals surface area contributed by atoms with Gasteiger partial charge in [0.05, 0.1) is 6.42 Å². The van der Waals surface area contributed by atoms with Crippen molar-refractivity contribution in [3.63, 3.8) is 0 Å². The van der Waals surface area contributed by atoms with Crippen LogP contribution in [-0.2, 0) is 12.8 Å². The molecule has 6 heteroatoms. The number of rotatable bonds is 6. The molecule has 4 nitrogen and oxygen atoms in total. The van der Waals surface area contributed by atoms with E-state index in [0.29, 0.717) is 18.2 Å². The van der Waals surface area contributed by atoms with Crippen LogP contribution in [0.4, 0.5) is 8.78 Å². The molecular formula is C10H16F2N2O2. The summed E-state index contributed by atoms with van der Waals surface area (Å²) in [5.74, 6) is 1.09. The van der Waals surface area contributed by atoms with E-state index in [1.165, 1.54) is 0 Å². The average molecular weight is 234 g/mol. The Hall–Kier alpha value is -1.04. The Labute approximate surface area is 92.7 Å². The van der Waals surface area contributed by atoms with Gasteiger partial charge in [-0.3, -0.25) is 0 Å². The largest absolute Gasteiger partial charge is 0.387 e. The predicted octanol–water partition coefficient (Wildman–Crippen LogP) is 1.83. The minimum atomic E-state index is -2.79. The monoisotopic (exact) mass is 234 g/mol. The van der Waals surface area contributed by atoms with Crippen molar-refractivity contribution in [3.05, 3.63) is 11.7 Å². The molecule has 1 atom stereocenters. The van der Waals surface area contributed by atoms with Gasteiger partial charge in [0.2, 0.25) is 5.89 Å². The van der Waals surface area contributed by atoms with Gasteiger partial charge >= 0.3 is 0 Å². The van der Waals surface area contributed by atoms with E-state index in [9.17, 15) is 8.78 Å². The van der Waals surface area contributed by atoms with Gasteiger partial charge in [-0.05, 0) is 12.3 Å². The van der Waals surface area contributed by atoms with Crippen molar-refractivity contribution in [1.82, 2.24) is 10.1 Å². The van der Waals surface area contributed by atoms with Crippen LogP contribution in [0.1, 0.15) is 32.0 Å². The van der Waals surface area contributed by atoms with Gasteiger partial charge in [0.1, 0.15) is 6.10 Å². The zero-order valence-corrected chi connectivity index (χ0v) is 9.36. The molecular weight excluding hydrogens is 218 g/mol. The summed E-state index contributed by atoms with van der Waals surface area (Å²) in [7, 11) is 0. The molecule has 1 unspecified atom stereocenters. The van der Waals surface area contributed by atoms with E-state index in [1.54, 1.807) is 0 Å². The molecule has 0 fully saturated rings. The predicted molar refractivity (Wildman–Crippen MR) is 53.2 cm³/mol. The van der Waals surface area contributed by atoms with E-state index in [-0.39, 0.29) is 12.3 Å². The highest BCUT2D eigenvalue weighted by molar-refractivity contribution is 4.88. The second-order valence-corrected chi connectivity index (χ2v) is 4.14. The molecule has 0 radical (unpaired) electrons. The fourth-order valence-corrected chi connectivity index (χ4v) is 1.16. The van der Waals surface area contributed by atoms with Gasteiger partial charge in [0.15, 0.2) is 5.82 Å². The maximum atomic E-state index is 12.0. The van der Waals surface area contributed by atoms with Crippen LogP contribution in [0.5, 0.6) is 0 Å². The third-order valence-corrected chi connectivity index (χ3v) is 2.13. The highest BCUT2D eigenvalue weighted by Gasteiger charge is 2.20. The maximum Gasteiger partial charge on any atom is 0.264 e. The number of aliphatic hydroxyl groups excluding tert-OH is 1. The second kappa shape index (κ2) is 5.89. The first kappa shape index (κ1) is 13.0. The van der Waals surface area contributed by atoms with Gasteiger partial charge in [-0.15, -0.1) is 0 Å². The Bertz CT molecular complexity index is 316. The average Bonchev–Trinajstić information content (AvgIpc) is 2.62. The molecule has 1 aromatic heterocycles. The lowest BCUT2D eigenvalue weighted by atomic mass is 10.1. The van der Waals surface area contributed by atoms with E-state index in [4.69, 9.17) is 9.63 Å². The van der Waals surface area contributed by atoms with Crippen LogP contribution in [0, 0.1) is 5.92 Å². The highest BCUT2D eigenvalue weighted by Crippen LogP contribution is 2.10. The van der Waals surface area contributed by atoms with Crippen molar-refractivity contribution >= 4 is 0 Å². The van der Waals surface area contributed by atoms with Crippen LogP contribution in [0.15, 0.2) is 4.52 Å². The first-order valence-electron chi connectivity index (χ1n) is 5.26. The molecule has 0 aliphatic carbocycles. The van der Waals surface area contributed by atoms with Gasteiger partial charge < -0.3 is 9.63 Å². The number of aryl methyl sites for hydroxylation is 1. The van der Waals surface area contributed by atoms with Gasteiger partial charge in [0.25, 0.3) is 6.43 Å². The summed E-state index contributed by atoms with van der Waals surface area (Å²) in [6, 6.07) is 0. The van der Waals surface area contributed by atoms with Crippen molar-refractivity contribution in [2.45, 2.75) is 45.6 Å². The summed E-state index contributed by atoms with van der Waals surface area (Å²) in [6.45, 7) is 4.14. The molecule has 0 saturated heterocycles. The summed E-state index contributed by atoms with van der Waals surface area (Å²) in [6.07, 6.45) is -3.25. The second-order valence-electron chi connectivity index (χ2n) is 4.14. The van der Waals surface area contributed by atoms with Gasteiger partial charge in [-0.25, -0.2) is 8.78 Å². The standard InChI is InChI=1S/C10H16F2N2O2/c1-6(2)3-4-8-13-9(16-14-8)5-7(15)10(11)12/h6-7,10,15H,3-5H2,1-2H3. The SMILES string of the molecule is CC(C)CCc1noc(CC(O)C(F)F)n1. The Balaban J connectivity index is 2.45. The summed E-state index contributed by atoms with van der Waals surface area (Å²) in [5, 5.41) is 12.6. The number of alkyl halides is 2. The van der Waals surface area contributed by atoms with E-state index < -0.39 is 12.5 Å². The van der Waals surface area contributed by atoms with Crippen molar-refractivity contribution in [2.24, 2.45) is 5.92 Å². The molecule has 0 saturated carbocycles. The van der Waals surface area contributed by atoms with Crippen molar-refractivity contribution in [2.75, 3.05) is 0 Å². The van der Waals surface area contributed by atoms with Crippen molar-refractivity contribution in [1.29, 1.82) is 0 Å². The number of nitrogens with zero attached hydrogens (tertiary/aromatic N) is 2. The smallest absolute Gasteiger partial charge is 0.264 e. The number of aromatic nitrogens is 2. The molecule has 0 bridgehead atoms. The van der Waals surface area contributed by atoms with Crippen LogP contribution in [0.25, 0.3) is 0 Å². The van der Waals surface area contributed by atoms with Crippen LogP contribution >= 0.6 is 0 Å². The van der Waals surface area contributed by atoms with Crippen LogP contribution in [0.2, 0.25) is 0 Å². The summed E-state index contributed by atoms with van der Waals surface area (Å²) < 4.78 is 28.8. The van der Waals surface area contributed by atoms with Gasteiger partial charge in [-0.1, -0.05) is 19.0 Å². The Kier molecular flexibility index (Phi) is 4.79. The topological polar surface area (TPSA) is 59.2 Å². The summed E-state index contributed by atoms with van der Waals surface area (Å²) in [4.78, 5) is 3.93. The van der Waals surface area contributed by atoms with E-state index in [1.807, 2.05) is 0 Å². The molecule has 0 aliphatic rings. The maximum absolute atomic E-state index is 12.0. The van der Waals surface area contributed by atoms with Crippen LogP contribution in [-0.4, -0.2) is 27.8 Å². The minimum absolute atomic E-state index is 0.0616. The van der Waals surface area contributed by atoms with Crippen molar-refractivity contribution < 1.29 is 18.4 Å². The summed E-state index contributed by atoms with van der Waals surface area (Å²) >= 11 is 0. The zero-order chi connectivity index (χ0) is 12.1. The lowest BCUT2D eigenvalue weighted by molar-refractivity contribution is -0.00754. The fourth-order valence-electron chi connectivity index (χ4n) is 1.16. The molecule has 1 aromatic rings. The molecule has 0 spiro atoms. The van der Waals surface area contributed by atoms with E-state index >= 15 is 0 Å². The normalized spacial score (nSPS) is 13.7. The number of aliphatic hydroxyl groups is 1. The first-order chi connectivity index (χ1) is 7.49. The number of halogens is 2. The van der Waals surface area contributed by atoms with E-state index in [0.717, 1.165) is 6.42 Å². The van der Waals surface area contributed by atoms with Gasteiger partial charge in [-0.2, -0.15) is 4.98 Å². The molecule has 92 valence electrons. The molecule has 1 rings (SSSR count). The lowest BCUT2D eigenvalue weighted by Gasteiger charge is -2.04. The Morgan fingerprint density at radius 1 is 1.38 bits per heavy atom. The molecule has 1 heterocycles. The highest BCUT2D eigenvalue weighted by atomic mass is 19.3. The number of hydrogen-bond donors (Lipinski definition) is 1. The lowest BCUT2D eigenvalue weighted by Crippen LogP contribution is -2.20. The zero-order valence-electron chi connectivity index (χ0n) is 9.36. The van der Waals surface area contributed by atoms with Crippen LogP contribution in [0.3, 0.4) is 0 Å². The molecule has 0 aliphatic heterocycles. The third-order valence-electron chi connectivity index (χ3n) is 2.13. The number of hydrogen-bond acceptors (Lipinski definition) is 4. The Morgan fingerprint density at radius 3 is 2.62 bits per heavy atom. The molecule has 16 heavy (non-hydrogen) atoms. The molecule has 0 amide bonds. The minimum Gasteiger partial charge on any atom is -0.387 e. The third kappa shape index (κ3) is 4.22. The van der Waals surface area contributed by atoms with E-state index in [2.05, 4.69) is 24.0 Å². The molecule has 1 N–H and O–H groups in total.